The molecule has 2 atom stereocenters. The van der Waals surface area contributed by atoms with Gasteiger partial charge in [0.05, 0.1) is 18.9 Å². The highest BCUT2D eigenvalue weighted by atomic mass is 35.5. The predicted molar refractivity (Wildman–Crippen MR) is 148 cm³/mol. The molecule has 0 aromatic heterocycles. The maximum atomic E-state index is 12.8. The molecule has 0 bridgehead atoms. The third-order valence-electron chi connectivity index (χ3n) is 6.18. The lowest BCUT2D eigenvalue weighted by atomic mass is 9.98. The van der Waals surface area contributed by atoms with E-state index in [0.717, 1.165) is 16.8 Å². The smallest absolute Gasteiger partial charge is 0.262 e. The molecule has 0 aliphatic carbocycles. The van der Waals surface area contributed by atoms with Crippen molar-refractivity contribution in [1.82, 2.24) is 5.01 Å². The van der Waals surface area contributed by atoms with E-state index in [-0.39, 0.29) is 24.3 Å². The van der Waals surface area contributed by atoms with Gasteiger partial charge in [0.2, 0.25) is 5.91 Å². The number of ether oxygens (including phenoxy) is 1. The normalized spacial score (nSPS) is 19.0. The molecular weight excluding hydrogens is 508 g/mol. The van der Waals surface area contributed by atoms with E-state index in [1.54, 1.807) is 36.4 Å². The molecular formula is C28H25ClN4O3S. The maximum absolute atomic E-state index is 12.8. The lowest BCUT2D eigenvalue weighted by Crippen LogP contribution is -2.25. The van der Waals surface area contributed by atoms with Gasteiger partial charge in [-0.3, -0.25) is 9.59 Å². The number of amidine groups is 1. The summed E-state index contributed by atoms with van der Waals surface area (Å²) < 4.78 is 5.20. The number of aliphatic imine (C=N–C) groups is 1. The van der Waals surface area contributed by atoms with Crippen molar-refractivity contribution in [1.29, 1.82) is 0 Å². The number of hydrogen-bond donors (Lipinski definition) is 1. The van der Waals surface area contributed by atoms with Gasteiger partial charge in [-0.2, -0.15) is 10.1 Å². The van der Waals surface area contributed by atoms with Crippen molar-refractivity contribution < 1.29 is 14.3 Å². The summed E-state index contributed by atoms with van der Waals surface area (Å²) >= 11 is 7.56. The van der Waals surface area contributed by atoms with Gasteiger partial charge in [-0.1, -0.05) is 71.4 Å². The van der Waals surface area contributed by atoms with Crippen LogP contribution in [0.5, 0.6) is 5.75 Å². The number of halogens is 1. The Bertz CT molecular complexity index is 1410. The summed E-state index contributed by atoms with van der Waals surface area (Å²) in [4.78, 5) is 29.8. The van der Waals surface area contributed by atoms with Crippen LogP contribution in [0.1, 0.15) is 35.6 Å². The quantitative estimate of drug-likeness (QED) is 0.431. The Morgan fingerprint density at radius 1 is 1.14 bits per heavy atom. The lowest BCUT2D eigenvalue weighted by molar-refractivity contribution is -0.121. The second-order valence-electron chi connectivity index (χ2n) is 8.86. The molecule has 5 rings (SSSR count). The number of carbonyl (C=O) groups is 2. The Hall–Kier alpha value is -3.62. The van der Waals surface area contributed by atoms with Gasteiger partial charge < -0.3 is 10.1 Å². The van der Waals surface area contributed by atoms with Crippen LogP contribution in [0.25, 0.3) is 0 Å². The van der Waals surface area contributed by atoms with Crippen molar-refractivity contribution in [3.05, 3.63) is 94.5 Å². The number of anilines is 1. The monoisotopic (exact) mass is 532 g/mol. The molecule has 0 unspecified atom stereocenters. The van der Waals surface area contributed by atoms with Gasteiger partial charge in [-0.15, -0.1) is 0 Å². The number of nitrogens with zero attached hydrogens (tertiary/aromatic N) is 3. The van der Waals surface area contributed by atoms with Crippen LogP contribution in [0.3, 0.4) is 0 Å². The highest BCUT2D eigenvalue weighted by Crippen LogP contribution is 2.39. The van der Waals surface area contributed by atoms with E-state index in [2.05, 4.69) is 22.4 Å². The number of hydrogen-bond acceptors (Lipinski definition) is 6. The average Bonchev–Trinajstić information content (AvgIpc) is 3.48. The largest absolute Gasteiger partial charge is 0.497 e. The number of nitrogens with one attached hydrogen (secondary N) is 1. The SMILES string of the molecule is COc1cccc(NC(=O)C[C@H]2SC(N3N=C(c4ccc(C)cc4)C[C@H]3c3cccc(Cl)c3)=NC2=O)c1. The van der Waals surface area contributed by atoms with Crippen molar-refractivity contribution in [2.24, 2.45) is 10.1 Å². The first-order valence-electron chi connectivity index (χ1n) is 11.8. The molecule has 2 heterocycles. The highest BCUT2D eigenvalue weighted by molar-refractivity contribution is 8.15. The average molecular weight is 533 g/mol. The molecule has 7 nitrogen and oxygen atoms in total. The fourth-order valence-electron chi connectivity index (χ4n) is 4.27. The van der Waals surface area contributed by atoms with Crippen LogP contribution in [-0.4, -0.2) is 40.1 Å². The predicted octanol–water partition coefficient (Wildman–Crippen LogP) is 5.83. The molecule has 0 fully saturated rings. The zero-order valence-corrected chi connectivity index (χ0v) is 21.9. The minimum Gasteiger partial charge on any atom is -0.497 e. The van der Waals surface area contributed by atoms with Crippen LogP contribution in [0, 0.1) is 6.92 Å². The first-order chi connectivity index (χ1) is 17.9. The number of hydrazone groups is 1. The van der Waals surface area contributed by atoms with E-state index in [9.17, 15) is 9.59 Å². The van der Waals surface area contributed by atoms with Crippen molar-refractivity contribution >= 4 is 51.7 Å². The van der Waals surface area contributed by atoms with Crippen LogP contribution in [0.15, 0.2) is 82.9 Å². The molecule has 0 spiro atoms. The van der Waals surface area contributed by atoms with Gasteiger partial charge in [0.25, 0.3) is 5.91 Å². The number of amides is 2. The van der Waals surface area contributed by atoms with E-state index in [0.29, 0.717) is 28.0 Å². The number of aryl methyl sites for hydroxylation is 1. The van der Waals surface area contributed by atoms with Gasteiger partial charge in [0, 0.05) is 29.6 Å². The Kier molecular flexibility index (Phi) is 7.30. The Morgan fingerprint density at radius 3 is 2.68 bits per heavy atom. The number of rotatable bonds is 6. The number of methoxy groups -OCH3 is 1. The summed E-state index contributed by atoms with van der Waals surface area (Å²) in [6.07, 6.45) is 0.635. The maximum Gasteiger partial charge on any atom is 0.262 e. The number of carbonyl (C=O) groups excluding carboxylic acids is 2. The molecule has 3 aromatic carbocycles. The van der Waals surface area contributed by atoms with Gasteiger partial charge in [-0.25, -0.2) is 5.01 Å². The standard InChI is InChI=1S/C28H25ClN4O3S/c1-17-9-11-18(12-10-17)23-15-24(19-5-3-6-20(29)13-19)33(32-23)28-31-27(35)25(37-28)16-26(34)30-21-7-4-8-22(14-21)36-2/h3-14,24-25H,15-16H2,1-2H3,(H,30,34)/t24-,25+/m0/s1. The van der Waals surface area contributed by atoms with Gasteiger partial charge >= 0.3 is 0 Å². The van der Waals surface area contributed by atoms with E-state index < -0.39 is 5.25 Å². The summed E-state index contributed by atoms with van der Waals surface area (Å²) in [5, 5.41) is 9.99. The van der Waals surface area contributed by atoms with Crippen molar-refractivity contribution in [2.45, 2.75) is 31.1 Å². The molecule has 0 saturated carbocycles. The van der Waals surface area contributed by atoms with Crippen LogP contribution in [0.4, 0.5) is 5.69 Å². The molecule has 2 aliphatic heterocycles. The van der Waals surface area contributed by atoms with Crippen LogP contribution < -0.4 is 10.1 Å². The summed E-state index contributed by atoms with van der Waals surface area (Å²) in [6, 6.07) is 22.8. The minimum atomic E-state index is -0.626. The fourth-order valence-corrected chi connectivity index (χ4v) is 5.53. The first-order valence-corrected chi connectivity index (χ1v) is 13.1. The number of thioether (sulfide) groups is 1. The van der Waals surface area contributed by atoms with E-state index in [4.69, 9.17) is 21.4 Å². The zero-order chi connectivity index (χ0) is 25.9. The third kappa shape index (κ3) is 5.70. The second kappa shape index (κ2) is 10.8. The van der Waals surface area contributed by atoms with Gasteiger partial charge in [0.1, 0.15) is 11.0 Å². The van der Waals surface area contributed by atoms with Crippen LogP contribution in [-0.2, 0) is 9.59 Å². The van der Waals surface area contributed by atoms with E-state index in [1.165, 1.54) is 17.3 Å². The molecule has 3 aromatic rings. The zero-order valence-electron chi connectivity index (χ0n) is 20.3. The summed E-state index contributed by atoms with van der Waals surface area (Å²) in [7, 11) is 1.56. The summed E-state index contributed by atoms with van der Waals surface area (Å²) in [5.74, 6) is 0.0231. The van der Waals surface area contributed by atoms with E-state index >= 15 is 0 Å². The molecule has 1 N–H and O–H groups in total. The molecule has 188 valence electrons. The first kappa shape index (κ1) is 25.0. The lowest BCUT2D eigenvalue weighted by Gasteiger charge is -2.23. The Morgan fingerprint density at radius 2 is 1.92 bits per heavy atom. The molecule has 9 heteroatoms. The number of benzene rings is 3. The van der Waals surface area contributed by atoms with E-state index in [1.807, 2.05) is 43.3 Å². The molecule has 2 amide bonds. The van der Waals surface area contributed by atoms with Crippen LogP contribution >= 0.6 is 23.4 Å². The van der Waals surface area contributed by atoms with Crippen molar-refractivity contribution in [3.63, 3.8) is 0 Å². The minimum absolute atomic E-state index is 0.00207. The van der Waals surface area contributed by atoms with Crippen molar-refractivity contribution in [3.8, 4) is 5.75 Å². The third-order valence-corrected chi connectivity index (χ3v) is 7.55. The van der Waals surface area contributed by atoms with Crippen LogP contribution in [0.2, 0.25) is 5.02 Å². The van der Waals surface area contributed by atoms with Crippen molar-refractivity contribution in [2.75, 3.05) is 12.4 Å². The Balaban J connectivity index is 1.34. The Labute approximate surface area is 224 Å². The molecule has 2 aliphatic rings. The second-order valence-corrected chi connectivity index (χ2v) is 10.5. The van der Waals surface area contributed by atoms with Gasteiger partial charge in [-0.05, 0) is 42.3 Å². The fraction of sp³-hybridized carbons (Fsp3) is 0.214. The summed E-state index contributed by atoms with van der Waals surface area (Å²) in [6.45, 7) is 2.04. The van der Waals surface area contributed by atoms with Gasteiger partial charge in [0.15, 0.2) is 5.17 Å². The topological polar surface area (TPSA) is 83.4 Å². The summed E-state index contributed by atoms with van der Waals surface area (Å²) in [5.41, 5.74) is 4.67. The molecule has 0 saturated heterocycles. The molecule has 37 heavy (non-hydrogen) atoms. The highest BCUT2D eigenvalue weighted by Gasteiger charge is 2.39. The molecule has 0 radical (unpaired) electrons.